The molecule has 9 nitrogen and oxygen atoms in total. The lowest BCUT2D eigenvalue weighted by Crippen LogP contribution is -2.64. The standard InChI is InChI=1S/C54H62BN3O6/c1-36(2)32-48(55(62-6)64-53(5)31-30-40-33-47(53)52(40,3)4)57-50(60)46(56-51(61)63-35-45-43-28-18-16-26-41(43)42-27-17-19-29-44(42)45)34-49(59)58-54(37-20-10-7-11-21-37,38-22-12-8-13-23-38)39-24-14-9-15-25-39/h7-29,36,40,45-48H,30-35H2,1-6H3,(H,56,61)(H,57,60)(H,58,59)/t40-,46+,47+,48+,53-/m1/s1. The number of hydrogen-bond acceptors (Lipinski definition) is 6. The number of carbonyl (C=O) groups excluding carboxylic acids is 3. The van der Waals surface area contributed by atoms with Crippen molar-refractivity contribution in [3.63, 3.8) is 0 Å². The fourth-order valence-electron chi connectivity index (χ4n) is 11.1. The minimum absolute atomic E-state index is 0.0477. The normalized spacial score (nSPS) is 20.5. The summed E-state index contributed by atoms with van der Waals surface area (Å²) >= 11 is 0. The van der Waals surface area contributed by atoms with Crippen molar-refractivity contribution in [1.29, 1.82) is 0 Å². The van der Waals surface area contributed by atoms with E-state index in [2.05, 4.69) is 74.8 Å². The molecule has 3 fully saturated rings. The molecule has 3 saturated carbocycles. The van der Waals surface area contributed by atoms with Crippen LogP contribution in [0.25, 0.3) is 11.1 Å². The summed E-state index contributed by atoms with van der Waals surface area (Å²) in [6.45, 7) is 11.1. The highest BCUT2D eigenvalue weighted by atomic mass is 16.6. The molecule has 4 aliphatic carbocycles. The van der Waals surface area contributed by atoms with Crippen molar-refractivity contribution in [3.05, 3.63) is 167 Å². The molecule has 4 aliphatic rings. The largest absolute Gasteiger partial charge is 0.481 e. The molecule has 0 heterocycles. The van der Waals surface area contributed by atoms with E-state index in [0.717, 1.165) is 58.2 Å². The third-order valence-corrected chi connectivity index (χ3v) is 14.5. The topological polar surface area (TPSA) is 115 Å². The van der Waals surface area contributed by atoms with Gasteiger partial charge < -0.3 is 30.0 Å². The molecule has 3 amide bonds. The Kier molecular flexibility index (Phi) is 13.2. The van der Waals surface area contributed by atoms with Crippen LogP contribution in [0.5, 0.6) is 0 Å². The lowest BCUT2D eigenvalue weighted by Gasteiger charge is -2.64. The summed E-state index contributed by atoms with van der Waals surface area (Å²) in [5, 5.41) is 9.42. The van der Waals surface area contributed by atoms with Crippen molar-refractivity contribution >= 4 is 25.0 Å². The molecule has 5 atom stereocenters. The predicted molar refractivity (Wildman–Crippen MR) is 252 cm³/mol. The molecule has 0 spiro atoms. The molecule has 2 bridgehead atoms. The molecule has 3 N–H and O–H groups in total. The highest BCUT2D eigenvalue weighted by Gasteiger charge is 2.61. The SMILES string of the molecule is COB(O[C@]1(C)CC[C@@H]2C[C@H]1C2(C)C)[C@H](CC(C)C)NC(=O)[C@H](CC(=O)NC(c1ccccc1)(c1ccccc1)c1ccccc1)NC(=O)OCC1c2ccccc2-c2ccccc21. The van der Waals surface area contributed by atoms with E-state index in [-0.39, 0.29) is 30.3 Å². The number of ether oxygens (including phenoxy) is 1. The first-order valence-electron chi connectivity index (χ1n) is 22.9. The fraction of sp³-hybridized carbons (Fsp3) is 0.389. The van der Waals surface area contributed by atoms with E-state index >= 15 is 0 Å². The maximum atomic E-state index is 14.9. The van der Waals surface area contributed by atoms with Gasteiger partial charge in [-0.2, -0.15) is 0 Å². The van der Waals surface area contributed by atoms with E-state index in [9.17, 15) is 14.4 Å². The monoisotopic (exact) mass is 859 g/mol. The average molecular weight is 860 g/mol. The van der Waals surface area contributed by atoms with Crippen LogP contribution < -0.4 is 16.0 Å². The van der Waals surface area contributed by atoms with Gasteiger partial charge in [-0.25, -0.2) is 4.79 Å². The Morgan fingerprint density at radius 2 is 1.25 bits per heavy atom. The van der Waals surface area contributed by atoms with Crippen LogP contribution in [0.15, 0.2) is 140 Å². The Morgan fingerprint density at radius 1 is 0.734 bits per heavy atom. The van der Waals surface area contributed by atoms with Crippen molar-refractivity contribution in [3.8, 4) is 11.1 Å². The van der Waals surface area contributed by atoms with Crippen LogP contribution in [0.4, 0.5) is 4.79 Å². The number of hydrogen-bond donors (Lipinski definition) is 3. The Balaban J connectivity index is 1.08. The van der Waals surface area contributed by atoms with E-state index in [0.29, 0.717) is 18.3 Å². The van der Waals surface area contributed by atoms with Crippen molar-refractivity contribution < 1.29 is 28.4 Å². The first-order valence-corrected chi connectivity index (χ1v) is 22.9. The van der Waals surface area contributed by atoms with Gasteiger partial charge >= 0.3 is 13.2 Å². The van der Waals surface area contributed by atoms with Crippen molar-refractivity contribution in [1.82, 2.24) is 16.0 Å². The lowest BCUT2D eigenvalue weighted by atomic mass is 9.44. The second-order valence-corrected chi connectivity index (χ2v) is 19.2. The van der Waals surface area contributed by atoms with Gasteiger partial charge in [0.05, 0.1) is 18.0 Å². The molecule has 0 aliphatic heterocycles. The highest BCUT2D eigenvalue weighted by Crippen LogP contribution is 2.63. The molecule has 0 aromatic heterocycles. The second-order valence-electron chi connectivity index (χ2n) is 19.2. The number of benzene rings is 5. The molecule has 5 aromatic rings. The van der Waals surface area contributed by atoms with Gasteiger partial charge in [-0.3, -0.25) is 9.59 Å². The Hall–Kier alpha value is -5.71. The quantitative estimate of drug-likeness (QED) is 0.0634. The highest BCUT2D eigenvalue weighted by molar-refractivity contribution is 6.47. The van der Waals surface area contributed by atoms with E-state index in [4.69, 9.17) is 14.0 Å². The van der Waals surface area contributed by atoms with Crippen molar-refractivity contribution in [2.24, 2.45) is 23.2 Å². The Morgan fingerprint density at radius 3 is 1.73 bits per heavy atom. The Bertz CT molecular complexity index is 2270. The molecule has 0 radical (unpaired) electrons. The number of amides is 3. The smallest absolute Gasteiger partial charge is 0.449 e. The van der Waals surface area contributed by atoms with Gasteiger partial charge in [-0.1, -0.05) is 167 Å². The molecular weight excluding hydrogens is 797 g/mol. The van der Waals surface area contributed by atoms with Gasteiger partial charge in [0.1, 0.15) is 18.2 Å². The van der Waals surface area contributed by atoms with E-state index in [1.807, 2.05) is 115 Å². The maximum Gasteiger partial charge on any atom is 0.481 e. The molecule has 0 unspecified atom stereocenters. The molecule has 10 heteroatoms. The first-order chi connectivity index (χ1) is 30.8. The molecule has 332 valence electrons. The van der Waals surface area contributed by atoms with Gasteiger partial charge in [0.2, 0.25) is 11.8 Å². The van der Waals surface area contributed by atoms with Crippen LogP contribution in [0.3, 0.4) is 0 Å². The zero-order valence-corrected chi connectivity index (χ0v) is 38.0. The summed E-state index contributed by atoms with van der Waals surface area (Å²) in [5.41, 5.74) is 5.43. The van der Waals surface area contributed by atoms with Gasteiger partial charge in [-0.15, -0.1) is 0 Å². The Labute approximate surface area is 379 Å². The summed E-state index contributed by atoms with van der Waals surface area (Å²) in [4.78, 5) is 43.7. The first kappa shape index (κ1) is 44.9. The second kappa shape index (κ2) is 18.8. The van der Waals surface area contributed by atoms with E-state index < -0.39 is 48.1 Å². The van der Waals surface area contributed by atoms with Crippen LogP contribution in [0.2, 0.25) is 0 Å². The van der Waals surface area contributed by atoms with Crippen LogP contribution in [0.1, 0.15) is 100 Å². The van der Waals surface area contributed by atoms with Crippen LogP contribution >= 0.6 is 0 Å². The molecule has 64 heavy (non-hydrogen) atoms. The van der Waals surface area contributed by atoms with Crippen molar-refractivity contribution in [2.45, 2.75) is 95.8 Å². The summed E-state index contributed by atoms with van der Waals surface area (Å²) in [6.07, 6.45) is 2.46. The van der Waals surface area contributed by atoms with Gasteiger partial charge in [0.15, 0.2) is 0 Å². The summed E-state index contributed by atoms with van der Waals surface area (Å²) in [5.74, 6) is -0.560. The molecule has 9 rings (SSSR count). The number of rotatable bonds is 17. The zero-order chi connectivity index (χ0) is 45.1. The molecule has 5 aromatic carbocycles. The van der Waals surface area contributed by atoms with E-state index in [1.54, 1.807) is 7.11 Å². The minimum atomic E-state index is -1.32. The predicted octanol–water partition coefficient (Wildman–Crippen LogP) is 9.83. The summed E-state index contributed by atoms with van der Waals surface area (Å²) in [7, 11) is 0.844. The van der Waals surface area contributed by atoms with Gasteiger partial charge in [-0.05, 0) is 94.7 Å². The van der Waals surface area contributed by atoms with E-state index in [1.165, 1.54) is 0 Å². The van der Waals surface area contributed by atoms with Gasteiger partial charge in [0.25, 0.3) is 0 Å². The van der Waals surface area contributed by atoms with Crippen LogP contribution in [-0.4, -0.2) is 56.3 Å². The van der Waals surface area contributed by atoms with Crippen LogP contribution in [-0.2, 0) is 29.2 Å². The lowest BCUT2D eigenvalue weighted by molar-refractivity contribution is -0.188. The van der Waals surface area contributed by atoms with Gasteiger partial charge in [0, 0.05) is 13.0 Å². The van der Waals surface area contributed by atoms with Crippen LogP contribution in [0, 0.1) is 23.2 Å². The molecular formula is C54H62BN3O6. The average Bonchev–Trinajstić information content (AvgIpc) is 3.62. The molecule has 0 saturated heterocycles. The third kappa shape index (κ3) is 8.87. The minimum Gasteiger partial charge on any atom is -0.449 e. The maximum absolute atomic E-state index is 14.9. The number of carbonyl (C=O) groups is 3. The number of nitrogens with one attached hydrogen (secondary N) is 3. The number of fused-ring (bicyclic) bond motifs is 5. The third-order valence-electron chi connectivity index (χ3n) is 14.5. The summed E-state index contributed by atoms with van der Waals surface area (Å²) in [6, 6.07) is 44.3. The zero-order valence-electron chi connectivity index (χ0n) is 38.0. The fourth-order valence-corrected chi connectivity index (χ4v) is 11.1. The van der Waals surface area contributed by atoms with Crippen molar-refractivity contribution in [2.75, 3.05) is 13.7 Å². The summed E-state index contributed by atoms with van der Waals surface area (Å²) < 4.78 is 19.0. The number of alkyl carbamates (subject to hydrolysis) is 1.